The number of hydrogen-bond donors (Lipinski definition) is 2. The summed E-state index contributed by atoms with van der Waals surface area (Å²) in [5, 5.41) is 2.93. The normalized spacial score (nSPS) is 13.1. The van der Waals surface area contributed by atoms with Gasteiger partial charge in [0.1, 0.15) is 0 Å². The maximum atomic E-state index is 12.0. The van der Waals surface area contributed by atoms with Crippen molar-refractivity contribution >= 4 is 11.6 Å². The second-order valence-electron chi connectivity index (χ2n) is 6.36. The summed E-state index contributed by atoms with van der Waals surface area (Å²) in [6.45, 7) is 9.18. The fourth-order valence-electron chi connectivity index (χ4n) is 2.35. The van der Waals surface area contributed by atoms with E-state index in [1.54, 1.807) is 6.20 Å². The molecule has 20 heavy (non-hydrogen) atoms. The van der Waals surface area contributed by atoms with Crippen LogP contribution in [0, 0.1) is 18.3 Å². The lowest BCUT2D eigenvalue weighted by atomic mass is 9.76. The van der Waals surface area contributed by atoms with E-state index in [9.17, 15) is 4.79 Å². The lowest BCUT2D eigenvalue weighted by Gasteiger charge is -2.30. The van der Waals surface area contributed by atoms with E-state index in [0.717, 1.165) is 24.2 Å². The molecule has 0 aliphatic rings. The predicted octanol–water partition coefficient (Wildman–Crippen LogP) is 3.12. The third-order valence-electron chi connectivity index (χ3n) is 3.74. The van der Waals surface area contributed by atoms with E-state index in [1.807, 2.05) is 19.1 Å². The lowest BCUT2D eigenvalue weighted by molar-refractivity contribution is -0.116. The number of pyridine rings is 1. The van der Waals surface area contributed by atoms with E-state index in [4.69, 9.17) is 5.73 Å². The first-order valence-electron chi connectivity index (χ1n) is 7.26. The van der Waals surface area contributed by atoms with Crippen LogP contribution in [0.25, 0.3) is 0 Å². The van der Waals surface area contributed by atoms with Crippen LogP contribution in [0.5, 0.6) is 0 Å². The molecule has 0 fully saturated rings. The highest BCUT2D eigenvalue weighted by Crippen LogP contribution is 2.32. The molecule has 0 aromatic carbocycles. The second kappa shape index (κ2) is 7.39. The van der Waals surface area contributed by atoms with Crippen LogP contribution >= 0.6 is 0 Å². The zero-order valence-electron chi connectivity index (χ0n) is 13.1. The number of amides is 1. The van der Waals surface area contributed by atoms with Gasteiger partial charge in [-0.25, -0.2) is 0 Å². The van der Waals surface area contributed by atoms with Crippen LogP contribution in [0.2, 0.25) is 0 Å². The number of hydrogen-bond acceptors (Lipinski definition) is 3. The lowest BCUT2D eigenvalue weighted by Crippen LogP contribution is -2.25. The fourth-order valence-corrected chi connectivity index (χ4v) is 2.35. The maximum Gasteiger partial charge on any atom is 0.224 e. The monoisotopic (exact) mass is 277 g/mol. The average molecular weight is 277 g/mol. The number of rotatable bonds is 6. The molecular formula is C16H27N3O. The zero-order valence-corrected chi connectivity index (χ0v) is 13.1. The highest BCUT2D eigenvalue weighted by molar-refractivity contribution is 5.91. The number of nitrogens with one attached hydrogen (secondary N) is 1. The Balaban J connectivity index is 2.52. The smallest absolute Gasteiger partial charge is 0.224 e. The van der Waals surface area contributed by atoms with Crippen LogP contribution in [0.1, 0.15) is 45.7 Å². The van der Waals surface area contributed by atoms with Gasteiger partial charge in [-0.2, -0.15) is 0 Å². The summed E-state index contributed by atoms with van der Waals surface area (Å²) >= 11 is 0. The van der Waals surface area contributed by atoms with E-state index in [-0.39, 0.29) is 11.3 Å². The average Bonchev–Trinajstić information content (AvgIpc) is 2.36. The highest BCUT2D eigenvalue weighted by atomic mass is 16.1. The fraction of sp³-hybridized carbons (Fsp3) is 0.625. The van der Waals surface area contributed by atoms with Crippen molar-refractivity contribution in [3.05, 3.63) is 24.0 Å². The van der Waals surface area contributed by atoms with Gasteiger partial charge < -0.3 is 11.1 Å². The minimum atomic E-state index is 0.0485. The number of anilines is 1. The largest absolute Gasteiger partial charge is 0.330 e. The van der Waals surface area contributed by atoms with Crippen molar-refractivity contribution < 1.29 is 4.79 Å². The Kier molecular flexibility index (Phi) is 6.14. The van der Waals surface area contributed by atoms with E-state index in [2.05, 4.69) is 31.1 Å². The number of carbonyl (C=O) groups excluding carboxylic acids is 1. The summed E-state index contributed by atoms with van der Waals surface area (Å²) in [5.74, 6) is 0.514. The molecule has 0 saturated heterocycles. The Morgan fingerprint density at radius 3 is 2.65 bits per heavy atom. The number of nitrogens with zero attached hydrogens (tertiary/aromatic N) is 1. The third kappa shape index (κ3) is 5.29. The third-order valence-corrected chi connectivity index (χ3v) is 3.74. The van der Waals surface area contributed by atoms with E-state index >= 15 is 0 Å². The van der Waals surface area contributed by atoms with Gasteiger partial charge in [0.15, 0.2) is 0 Å². The first-order chi connectivity index (χ1) is 9.34. The topological polar surface area (TPSA) is 68.0 Å². The maximum absolute atomic E-state index is 12.0. The molecule has 1 amide bonds. The van der Waals surface area contributed by atoms with Crippen LogP contribution in [-0.2, 0) is 4.79 Å². The molecule has 1 aromatic heterocycles. The molecule has 0 bridgehead atoms. The minimum absolute atomic E-state index is 0.0485. The van der Waals surface area contributed by atoms with Crippen molar-refractivity contribution in [1.29, 1.82) is 0 Å². The molecule has 1 atom stereocenters. The summed E-state index contributed by atoms with van der Waals surface area (Å²) in [5.41, 5.74) is 7.49. The van der Waals surface area contributed by atoms with Gasteiger partial charge in [0.2, 0.25) is 5.91 Å². The molecule has 0 aliphatic heterocycles. The molecule has 0 spiro atoms. The molecule has 1 rings (SSSR count). The Hall–Kier alpha value is -1.42. The van der Waals surface area contributed by atoms with Crippen molar-refractivity contribution in [3.8, 4) is 0 Å². The summed E-state index contributed by atoms with van der Waals surface area (Å²) in [6, 6.07) is 3.70. The molecule has 1 unspecified atom stereocenters. The molecule has 112 valence electrons. The van der Waals surface area contributed by atoms with Gasteiger partial charge in [-0.15, -0.1) is 0 Å². The number of nitrogens with two attached hydrogens (primary N) is 1. The molecule has 1 heterocycles. The molecule has 4 heteroatoms. The quantitative estimate of drug-likeness (QED) is 0.839. The minimum Gasteiger partial charge on any atom is -0.330 e. The van der Waals surface area contributed by atoms with Crippen molar-refractivity contribution in [2.45, 2.75) is 47.0 Å². The molecule has 1 aromatic rings. The number of aryl methyl sites for hydroxylation is 1. The zero-order chi connectivity index (χ0) is 15.2. The molecule has 3 N–H and O–H groups in total. The first-order valence-corrected chi connectivity index (χ1v) is 7.26. The van der Waals surface area contributed by atoms with Crippen molar-refractivity contribution in [3.63, 3.8) is 0 Å². The Morgan fingerprint density at radius 1 is 1.40 bits per heavy atom. The van der Waals surface area contributed by atoms with Crippen LogP contribution in [0.15, 0.2) is 18.3 Å². The van der Waals surface area contributed by atoms with Crippen molar-refractivity contribution in [2.24, 2.45) is 17.1 Å². The van der Waals surface area contributed by atoms with Crippen LogP contribution in [-0.4, -0.2) is 17.4 Å². The van der Waals surface area contributed by atoms with Gasteiger partial charge in [-0.1, -0.05) is 20.8 Å². The summed E-state index contributed by atoms with van der Waals surface area (Å²) in [6.07, 6.45) is 4.08. The molecular weight excluding hydrogens is 250 g/mol. The Morgan fingerprint density at radius 2 is 2.10 bits per heavy atom. The SMILES string of the molecule is Cc1ncccc1NC(=O)CCC(CCN)C(C)(C)C. The molecule has 0 saturated carbocycles. The van der Waals surface area contributed by atoms with Gasteiger partial charge in [0, 0.05) is 12.6 Å². The molecule has 0 aliphatic carbocycles. The standard InChI is InChI=1S/C16H27N3O/c1-12-14(6-5-11-18-12)19-15(20)8-7-13(9-10-17)16(2,3)4/h5-6,11,13H,7-10,17H2,1-4H3,(H,19,20). The van der Waals surface area contributed by atoms with E-state index in [1.165, 1.54) is 0 Å². The Bertz CT molecular complexity index is 438. The number of aromatic nitrogens is 1. The van der Waals surface area contributed by atoms with E-state index in [0.29, 0.717) is 18.9 Å². The molecule has 4 nitrogen and oxygen atoms in total. The van der Waals surface area contributed by atoms with Gasteiger partial charge in [-0.3, -0.25) is 9.78 Å². The van der Waals surface area contributed by atoms with Gasteiger partial charge >= 0.3 is 0 Å². The predicted molar refractivity (Wildman–Crippen MR) is 83.5 cm³/mol. The number of carbonyl (C=O) groups is 1. The van der Waals surface area contributed by atoms with Crippen LogP contribution < -0.4 is 11.1 Å². The summed E-state index contributed by atoms with van der Waals surface area (Å²) < 4.78 is 0. The van der Waals surface area contributed by atoms with Crippen molar-refractivity contribution in [1.82, 2.24) is 4.98 Å². The highest BCUT2D eigenvalue weighted by Gasteiger charge is 2.24. The first kappa shape index (κ1) is 16.6. The second-order valence-corrected chi connectivity index (χ2v) is 6.36. The summed E-state index contributed by atoms with van der Waals surface area (Å²) in [4.78, 5) is 16.2. The van der Waals surface area contributed by atoms with Gasteiger partial charge in [0.25, 0.3) is 0 Å². The van der Waals surface area contributed by atoms with Gasteiger partial charge in [0.05, 0.1) is 11.4 Å². The van der Waals surface area contributed by atoms with Gasteiger partial charge in [-0.05, 0) is 49.8 Å². The van der Waals surface area contributed by atoms with Crippen molar-refractivity contribution in [2.75, 3.05) is 11.9 Å². The summed E-state index contributed by atoms with van der Waals surface area (Å²) in [7, 11) is 0. The molecule has 0 radical (unpaired) electrons. The van der Waals surface area contributed by atoms with Crippen LogP contribution in [0.4, 0.5) is 5.69 Å². The van der Waals surface area contributed by atoms with Crippen LogP contribution in [0.3, 0.4) is 0 Å². The van der Waals surface area contributed by atoms with E-state index < -0.39 is 0 Å². The Labute approximate surface area is 122 Å².